The van der Waals surface area contributed by atoms with Crippen LogP contribution in [-0.4, -0.2) is 66.4 Å². The van der Waals surface area contributed by atoms with Crippen LogP contribution in [0.5, 0.6) is 0 Å². The molecule has 9 nitrogen and oxygen atoms in total. The Morgan fingerprint density at radius 1 is 1.06 bits per heavy atom. The van der Waals surface area contributed by atoms with E-state index in [1.54, 1.807) is 18.6 Å². The number of rotatable bonds is 3. The first kappa shape index (κ1) is 20.9. The second kappa shape index (κ2) is 8.90. The molecule has 1 atom stereocenters. The SMILES string of the molecule is O=C(Nc1cnccn1)N1c2nc(-c3cccc(N4CCOCC4)c3)ccc2N2CCC[C@H]1C2. The monoisotopic (exact) mass is 457 g/mol. The van der Waals surface area contributed by atoms with E-state index < -0.39 is 0 Å². The van der Waals surface area contributed by atoms with Crippen molar-refractivity contribution in [3.8, 4) is 11.3 Å². The highest BCUT2D eigenvalue weighted by Gasteiger charge is 2.38. The molecule has 1 aromatic carbocycles. The van der Waals surface area contributed by atoms with E-state index in [9.17, 15) is 4.79 Å². The Morgan fingerprint density at radius 3 is 2.82 bits per heavy atom. The molecule has 0 radical (unpaired) electrons. The van der Waals surface area contributed by atoms with Crippen molar-refractivity contribution >= 4 is 29.0 Å². The number of carbonyl (C=O) groups is 1. The molecule has 3 aliphatic heterocycles. The van der Waals surface area contributed by atoms with Gasteiger partial charge in [-0.2, -0.15) is 0 Å². The van der Waals surface area contributed by atoms with E-state index in [2.05, 4.69) is 61.5 Å². The third-order valence-corrected chi connectivity index (χ3v) is 6.72. The van der Waals surface area contributed by atoms with Gasteiger partial charge in [-0.15, -0.1) is 0 Å². The van der Waals surface area contributed by atoms with Gasteiger partial charge in [0.15, 0.2) is 11.6 Å². The molecule has 0 aliphatic carbocycles. The van der Waals surface area contributed by atoms with Gasteiger partial charge in [0, 0.05) is 49.8 Å². The summed E-state index contributed by atoms with van der Waals surface area (Å²) in [5.74, 6) is 1.13. The number of nitrogens with zero attached hydrogens (tertiary/aromatic N) is 6. The van der Waals surface area contributed by atoms with Gasteiger partial charge in [0.05, 0.1) is 36.8 Å². The lowest BCUT2D eigenvalue weighted by Crippen LogP contribution is -2.56. The lowest BCUT2D eigenvalue weighted by Gasteiger charge is -2.45. The Kier molecular flexibility index (Phi) is 5.46. The Hall–Kier alpha value is -3.72. The summed E-state index contributed by atoms with van der Waals surface area (Å²) >= 11 is 0. The average molecular weight is 458 g/mol. The van der Waals surface area contributed by atoms with Gasteiger partial charge in [0.2, 0.25) is 0 Å². The molecule has 3 aromatic rings. The minimum Gasteiger partial charge on any atom is -0.378 e. The van der Waals surface area contributed by atoms with E-state index in [0.717, 1.165) is 74.9 Å². The molecule has 9 heteroatoms. The predicted molar refractivity (Wildman–Crippen MR) is 131 cm³/mol. The molecular formula is C25H27N7O2. The number of anilines is 4. The van der Waals surface area contributed by atoms with Crippen molar-refractivity contribution in [2.45, 2.75) is 18.9 Å². The normalized spacial score (nSPS) is 19.5. The molecule has 0 spiro atoms. The van der Waals surface area contributed by atoms with Crippen LogP contribution in [0.2, 0.25) is 0 Å². The van der Waals surface area contributed by atoms with Crippen molar-refractivity contribution in [1.82, 2.24) is 15.0 Å². The van der Waals surface area contributed by atoms with Gasteiger partial charge in [-0.05, 0) is 37.1 Å². The van der Waals surface area contributed by atoms with Gasteiger partial charge < -0.3 is 14.5 Å². The molecule has 5 heterocycles. The molecule has 2 fully saturated rings. The number of benzene rings is 1. The lowest BCUT2D eigenvalue weighted by atomic mass is 9.99. The maximum atomic E-state index is 13.4. The number of hydrogen-bond donors (Lipinski definition) is 1. The molecule has 6 rings (SSSR count). The fraction of sp³-hybridized carbons (Fsp3) is 0.360. The fourth-order valence-electron chi connectivity index (χ4n) is 5.06. The highest BCUT2D eigenvalue weighted by Crippen LogP contribution is 2.40. The van der Waals surface area contributed by atoms with Crippen LogP contribution in [0, 0.1) is 0 Å². The molecule has 0 saturated carbocycles. The molecule has 34 heavy (non-hydrogen) atoms. The van der Waals surface area contributed by atoms with Gasteiger partial charge in [0.25, 0.3) is 0 Å². The second-order valence-electron chi connectivity index (χ2n) is 8.82. The van der Waals surface area contributed by atoms with E-state index >= 15 is 0 Å². The number of fused-ring (bicyclic) bond motifs is 4. The highest BCUT2D eigenvalue weighted by molar-refractivity contribution is 6.04. The zero-order valence-electron chi connectivity index (χ0n) is 18.9. The van der Waals surface area contributed by atoms with Crippen molar-refractivity contribution in [2.24, 2.45) is 0 Å². The van der Waals surface area contributed by atoms with Gasteiger partial charge in [0.1, 0.15) is 0 Å². The predicted octanol–water partition coefficient (Wildman–Crippen LogP) is 3.40. The molecule has 3 aliphatic rings. The number of hydrogen-bond acceptors (Lipinski definition) is 7. The topological polar surface area (TPSA) is 86.7 Å². The first-order valence-corrected chi connectivity index (χ1v) is 11.8. The van der Waals surface area contributed by atoms with Crippen molar-refractivity contribution < 1.29 is 9.53 Å². The number of carbonyl (C=O) groups excluding carboxylic acids is 1. The number of ether oxygens (including phenoxy) is 1. The molecule has 2 saturated heterocycles. The van der Waals surface area contributed by atoms with Crippen molar-refractivity contribution in [1.29, 1.82) is 0 Å². The van der Waals surface area contributed by atoms with Crippen LogP contribution in [0.25, 0.3) is 11.3 Å². The molecule has 174 valence electrons. The van der Waals surface area contributed by atoms with Crippen LogP contribution in [0.15, 0.2) is 55.0 Å². The van der Waals surface area contributed by atoms with Gasteiger partial charge in [-0.1, -0.05) is 12.1 Å². The van der Waals surface area contributed by atoms with Gasteiger partial charge in [-0.3, -0.25) is 15.2 Å². The maximum Gasteiger partial charge on any atom is 0.329 e. The van der Waals surface area contributed by atoms with E-state index in [-0.39, 0.29) is 12.1 Å². The zero-order chi connectivity index (χ0) is 22.9. The Labute approximate surface area is 198 Å². The summed E-state index contributed by atoms with van der Waals surface area (Å²) < 4.78 is 5.50. The van der Waals surface area contributed by atoms with Crippen LogP contribution in [0.1, 0.15) is 12.8 Å². The van der Waals surface area contributed by atoms with Crippen LogP contribution >= 0.6 is 0 Å². The number of morpholine rings is 1. The minimum atomic E-state index is -0.222. The van der Waals surface area contributed by atoms with Crippen molar-refractivity contribution in [2.75, 3.05) is 59.4 Å². The summed E-state index contributed by atoms with van der Waals surface area (Å²) in [7, 11) is 0. The van der Waals surface area contributed by atoms with E-state index in [1.165, 1.54) is 0 Å². The van der Waals surface area contributed by atoms with E-state index in [0.29, 0.717) is 11.6 Å². The second-order valence-corrected chi connectivity index (χ2v) is 8.82. The summed E-state index contributed by atoms with van der Waals surface area (Å²) in [5, 5.41) is 2.90. The maximum absolute atomic E-state index is 13.4. The van der Waals surface area contributed by atoms with Crippen LogP contribution in [0.4, 0.5) is 27.8 Å². The Balaban J connectivity index is 1.36. The largest absolute Gasteiger partial charge is 0.378 e. The first-order valence-electron chi connectivity index (χ1n) is 11.8. The van der Waals surface area contributed by atoms with E-state index in [4.69, 9.17) is 9.72 Å². The standard InChI is InChI=1S/C25H27N7O2/c33-25(29-23-16-26-8-9-27-23)32-20-5-2-10-31(17-20)22-7-6-21(28-24(22)32)18-3-1-4-19(15-18)30-11-13-34-14-12-30/h1,3-4,6-9,15-16,20H,2,5,10-14,17H2,(H,27,29,33)/t20-/m0/s1. The van der Waals surface area contributed by atoms with Crippen LogP contribution in [-0.2, 0) is 4.74 Å². The molecular weight excluding hydrogens is 430 g/mol. The summed E-state index contributed by atoms with van der Waals surface area (Å²) in [5.41, 5.74) is 4.05. The number of pyridine rings is 1. The number of nitrogens with one attached hydrogen (secondary N) is 1. The summed E-state index contributed by atoms with van der Waals surface area (Å²) in [6.45, 7) is 5.05. The van der Waals surface area contributed by atoms with Gasteiger partial charge >= 0.3 is 6.03 Å². The summed E-state index contributed by atoms with van der Waals surface area (Å²) in [6.07, 6.45) is 6.70. The molecule has 2 aromatic heterocycles. The number of piperidine rings is 1. The summed E-state index contributed by atoms with van der Waals surface area (Å²) in [6, 6.07) is 12.5. The average Bonchev–Trinajstić information content (AvgIpc) is 2.90. The molecule has 1 N–H and O–H groups in total. The minimum absolute atomic E-state index is 0.0698. The summed E-state index contributed by atoms with van der Waals surface area (Å²) in [4.78, 5) is 33.2. The lowest BCUT2D eigenvalue weighted by molar-refractivity contribution is 0.122. The molecule has 2 amide bonds. The van der Waals surface area contributed by atoms with Gasteiger partial charge in [-0.25, -0.2) is 14.8 Å². The Bertz CT molecular complexity index is 1180. The van der Waals surface area contributed by atoms with Crippen molar-refractivity contribution in [3.05, 3.63) is 55.0 Å². The number of urea groups is 1. The molecule has 2 bridgehead atoms. The zero-order valence-corrected chi connectivity index (χ0v) is 18.9. The van der Waals surface area contributed by atoms with E-state index in [1.807, 2.05) is 4.90 Å². The third kappa shape index (κ3) is 3.92. The highest BCUT2D eigenvalue weighted by atomic mass is 16.5. The third-order valence-electron chi connectivity index (χ3n) is 6.72. The van der Waals surface area contributed by atoms with Crippen molar-refractivity contribution in [3.63, 3.8) is 0 Å². The molecule has 0 unspecified atom stereocenters. The smallest absolute Gasteiger partial charge is 0.329 e. The Morgan fingerprint density at radius 2 is 1.97 bits per heavy atom. The fourth-order valence-corrected chi connectivity index (χ4v) is 5.06. The van der Waals surface area contributed by atoms with Crippen LogP contribution in [0.3, 0.4) is 0 Å². The van der Waals surface area contributed by atoms with Crippen LogP contribution < -0.4 is 20.0 Å². The number of aromatic nitrogens is 3. The quantitative estimate of drug-likeness (QED) is 0.645. The number of amides is 2. The first-order chi connectivity index (χ1) is 16.8.